The number of pyridine rings is 1. The number of oxime groups is 1. The van der Waals surface area contributed by atoms with Gasteiger partial charge >= 0.3 is 0 Å². The zero-order chi connectivity index (χ0) is 13.5. The Morgan fingerprint density at radius 2 is 2.11 bits per heavy atom. The zero-order valence-electron chi connectivity index (χ0n) is 10.5. The van der Waals surface area contributed by atoms with Crippen molar-refractivity contribution in [2.75, 3.05) is 7.11 Å². The van der Waals surface area contributed by atoms with E-state index in [9.17, 15) is 5.11 Å². The van der Waals surface area contributed by atoms with Crippen molar-refractivity contribution in [3.63, 3.8) is 0 Å². The van der Waals surface area contributed by atoms with Crippen molar-refractivity contribution in [1.29, 1.82) is 0 Å². The van der Waals surface area contributed by atoms with Gasteiger partial charge in [0.1, 0.15) is 23.8 Å². The van der Waals surface area contributed by atoms with Crippen molar-refractivity contribution in [2.24, 2.45) is 5.16 Å². The van der Waals surface area contributed by atoms with E-state index in [0.29, 0.717) is 5.69 Å². The van der Waals surface area contributed by atoms with E-state index in [1.54, 1.807) is 19.4 Å². The second-order valence-electron chi connectivity index (χ2n) is 3.73. The van der Waals surface area contributed by atoms with Crippen LogP contribution in [0.3, 0.4) is 0 Å². The molecule has 0 amide bonds. The Morgan fingerprint density at radius 1 is 1.26 bits per heavy atom. The number of ether oxygens (including phenoxy) is 1. The van der Waals surface area contributed by atoms with Gasteiger partial charge in [-0.3, -0.25) is 4.98 Å². The van der Waals surface area contributed by atoms with Gasteiger partial charge in [0.15, 0.2) is 0 Å². The monoisotopic (exact) mass is 258 g/mol. The van der Waals surface area contributed by atoms with Crippen LogP contribution in [0.5, 0.6) is 11.5 Å². The number of rotatable bonds is 5. The molecule has 5 nitrogen and oxygen atoms in total. The van der Waals surface area contributed by atoms with E-state index in [0.717, 1.165) is 11.3 Å². The number of methoxy groups -OCH3 is 1. The quantitative estimate of drug-likeness (QED) is 0.660. The molecule has 0 atom stereocenters. The van der Waals surface area contributed by atoms with Gasteiger partial charge in [0.05, 0.1) is 13.3 Å². The number of aromatic nitrogens is 1. The molecule has 0 aliphatic carbocycles. The third-order valence-electron chi connectivity index (χ3n) is 2.48. The van der Waals surface area contributed by atoms with Gasteiger partial charge in [0, 0.05) is 11.8 Å². The molecular weight excluding hydrogens is 244 g/mol. The smallest absolute Gasteiger partial charge is 0.145 e. The summed E-state index contributed by atoms with van der Waals surface area (Å²) < 4.78 is 5.20. The molecule has 0 fully saturated rings. The first-order chi connectivity index (χ1) is 9.31. The first kappa shape index (κ1) is 12.9. The summed E-state index contributed by atoms with van der Waals surface area (Å²) in [5.74, 6) is 0.811. The number of aromatic hydroxyl groups is 1. The molecule has 2 aromatic rings. The second kappa shape index (κ2) is 6.39. The van der Waals surface area contributed by atoms with E-state index in [1.165, 1.54) is 12.3 Å². The molecule has 98 valence electrons. The highest BCUT2D eigenvalue weighted by molar-refractivity contribution is 5.79. The topological polar surface area (TPSA) is 63.9 Å². The molecule has 1 aromatic heterocycles. The Labute approximate surface area is 111 Å². The first-order valence-electron chi connectivity index (χ1n) is 5.72. The van der Waals surface area contributed by atoms with E-state index >= 15 is 0 Å². The molecule has 0 aliphatic heterocycles. The van der Waals surface area contributed by atoms with Crippen LogP contribution in [-0.4, -0.2) is 23.4 Å². The molecule has 0 saturated heterocycles. The van der Waals surface area contributed by atoms with Gasteiger partial charge in [-0.2, -0.15) is 0 Å². The van der Waals surface area contributed by atoms with Gasteiger partial charge in [0.25, 0.3) is 0 Å². The molecular formula is C14H14N2O3. The minimum Gasteiger partial charge on any atom is -0.506 e. The summed E-state index contributed by atoms with van der Waals surface area (Å²) in [7, 11) is 1.61. The van der Waals surface area contributed by atoms with E-state index in [4.69, 9.17) is 9.57 Å². The van der Waals surface area contributed by atoms with Crippen molar-refractivity contribution in [1.82, 2.24) is 4.98 Å². The molecule has 0 saturated carbocycles. The van der Waals surface area contributed by atoms with Gasteiger partial charge in [-0.15, -0.1) is 0 Å². The maximum absolute atomic E-state index is 9.48. The fraction of sp³-hybridized carbons (Fsp3) is 0.143. The van der Waals surface area contributed by atoms with Crippen LogP contribution in [0.4, 0.5) is 0 Å². The summed E-state index contributed by atoms with van der Waals surface area (Å²) in [6, 6.07) is 10.7. The van der Waals surface area contributed by atoms with Crippen LogP contribution in [-0.2, 0) is 11.4 Å². The predicted molar refractivity (Wildman–Crippen MR) is 71.3 cm³/mol. The second-order valence-corrected chi connectivity index (χ2v) is 3.73. The van der Waals surface area contributed by atoms with E-state index < -0.39 is 0 Å². The van der Waals surface area contributed by atoms with Crippen molar-refractivity contribution < 1.29 is 14.7 Å². The van der Waals surface area contributed by atoms with E-state index in [1.807, 2.05) is 24.3 Å². The molecule has 1 aromatic carbocycles. The van der Waals surface area contributed by atoms with Crippen LogP contribution >= 0.6 is 0 Å². The SMILES string of the molecule is COc1ccccc1CON=Cc1ncccc1O. The third kappa shape index (κ3) is 3.45. The van der Waals surface area contributed by atoms with Gasteiger partial charge < -0.3 is 14.7 Å². The fourth-order valence-corrected chi connectivity index (χ4v) is 1.52. The molecule has 0 bridgehead atoms. The summed E-state index contributed by atoms with van der Waals surface area (Å²) >= 11 is 0. The van der Waals surface area contributed by atoms with Crippen molar-refractivity contribution in [2.45, 2.75) is 6.61 Å². The van der Waals surface area contributed by atoms with Crippen LogP contribution in [0.15, 0.2) is 47.8 Å². The minimum absolute atomic E-state index is 0.0622. The maximum Gasteiger partial charge on any atom is 0.145 e. The van der Waals surface area contributed by atoms with Gasteiger partial charge in [-0.05, 0) is 18.2 Å². The Kier molecular flexibility index (Phi) is 4.34. The summed E-state index contributed by atoms with van der Waals surface area (Å²) in [6.07, 6.45) is 2.94. The van der Waals surface area contributed by atoms with Gasteiger partial charge in [-0.1, -0.05) is 23.4 Å². The molecule has 1 heterocycles. The standard InChI is InChI=1S/C14H14N2O3/c1-18-14-7-3-2-5-11(14)10-19-16-9-12-13(17)6-4-8-15-12/h2-9,17H,10H2,1H3. The lowest BCUT2D eigenvalue weighted by Gasteiger charge is -2.06. The van der Waals surface area contributed by atoms with Gasteiger partial charge in [-0.25, -0.2) is 0 Å². The van der Waals surface area contributed by atoms with Crippen LogP contribution < -0.4 is 4.74 Å². The lowest BCUT2D eigenvalue weighted by Crippen LogP contribution is -1.94. The zero-order valence-corrected chi connectivity index (χ0v) is 10.5. The number of benzene rings is 1. The van der Waals surface area contributed by atoms with Crippen LogP contribution in [0.25, 0.3) is 0 Å². The largest absolute Gasteiger partial charge is 0.506 e. The molecule has 5 heteroatoms. The number of hydrogen-bond acceptors (Lipinski definition) is 5. The predicted octanol–water partition coefficient (Wildman–Crippen LogP) is 2.35. The van der Waals surface area contributed by atoms with Crippen molar-refractivity contribution >= 4 is 6.21 Å². The highest BCUT2D eigenvalue weighted by atomic mass is 16.6. The Hall–Kier alpha value is -2.56. The summed E-state index contributed by atoms with van der Waals surface area (Å²) in [5.41, 5.74) is 1.26. The molecule has 0 aliphatic rings. The molecule has 0 radical (unpaired) electrons. The molecule has 2 rings (SSSR count). The normalized spacial score (nSPS) is 10.6. The molecule has 19 heavy (non-hydrogen) atoms. The van der Waals surface area contributed by atoms with E-state index in [-0.39, 0.29) is 12.4 Å². The molecule has 1 N–H and O–H groups in total. The highest BCUT2D eigenvalue weighted by Gasteiger charge is 2.01. The van der Waals surface area contributed by atoms with Crippen molar-refractivity contribution in [3.05, 3.63) is 53.9 Å². The lowest BCUT2D eigenvalue weighted by molar-refractivity contribution is 0.130. The maximum atomic E-state index is 9.48. The highest BCUT2D eigenvalue weighted by Crippen LogP contribution is 2.18. The van der Waals surface area contributed by atoms with E-state index in [2.05, 4.69) is 10.1 Å². The fourth-order valence-electron chi connectivity index (χ4n) is 1.52. The van der Waals surface area contributed by atoms with Crippen LogP contribution in [0, 0.1) is 0 Å². The summed E-state index contributed by atoms with van der Waals surface area (Å²) in [4.78, 5) is 9.11. The van der Waals surface area contributed by atoms with Crippen LogP contribution in [0.1, 0.15) is 11.3 Å². The van der Waals surface area contributed by atoms with Gasteiger partial charge in [0.2, 0.25) is 0 Å². The Morgan fingerprint density at radius 3 is 2.89 bits per heavy atom. The summed E-state index contributed by atoms with van der Waals surface area (Å²) in [5, 5.41) is 13.2. The Bertz CT molecular complexity index is 570. The molecule has 0 spiro atoms. The van der Waals surface area contributed by atoms with Crippen molar-refractivity contribution in [3.8, 4) is 11.5 Å². The van der Waals surface area contributed by atoms with Crippen LogP contribution in [0.2, 0.25) is 0 Å². The third-order valence-corrected chi connectivity index (χ3v) is 2.48. The number of nitrogens with zero attached hydrogens (tertiary/aromatic N) is 2. The number of hydrogen-bond donors (Lipinski definition) is 1. The molecule has 0 unspecified atom stereocenters. The summed E-state index contributed by atoms with van der Waals surface area (Å²) in [6.45, 7) is 0.286. The average Bonchev–Trinajstić information content (AvgIpc) is 2.45. The first-order valence-corrected chi connectivity index (χ1v) is 5.72. The lowest BCUT2D eigenvalue weighted by atomic mass is 10.2. The average molecular weight is 258 g/mol. The number of para-hydroxylation sites is 1. The Balaban J connectivity index is 1.95. The minimum atomic E-state index is 0.0622.